The van der Waals surface area contributed by atoms with Gasteiger partial charge in [-0.2, -0.15) is 9.97 Å². The normalized spacial score (nSPS) is 10.9. The molecule has 0 fully saturated rings. The zero-order valence-electron chi connectivity index (χ0n) is 11.5. The third kappa shape index (κ3) is 2.62. The molecule has 0 amide bonds. The van der Waals surface area contributed by atoms with E-state index in [2.05, 4.69) is 19.9 Å². The van der Waals surface area contributed by atoms with Gasteiger partial charge in [0.15, 0.2) is 11.2 Å². The lowest BCUT2D eigenvalue weighted by molar-refractivity contribution is 0.330. The molecular weight excluding hydrogens is 292 g/mol. The van der Waals surface area contributed by atoms with Gasteiger partial charge in [-0.3, -0.25) is 0 Å². The van der Waals surface area contributed by atoms with E-state index < -0.39 is 11.6 Å². The molecule has 2 heterocycles. The van der Waals surface area contributed by atoms with E-state index in [0.29, 0.717) is 6.61 Å². The van der Waals surface area contributed by atoms with Crippen LogP contribution in [0.5, 0.6) is 5.88 Å². The summed E-state index contributed by atoms with van der Waals surface area (Å²) in [6.07, 6.45) is 1.36. The first-order valence-electron chi connectivity index (χ1n) is 6.46. The summed E-state index contributed by atoms with van der Waals surface area (Å²) >= 11 is 0. The van der Waals surface area contributed by atoms with E-state index in [4.69, 9.17) is 10.5 Å². The van der Waals surface area contributed by atoms with E-state index in [-0.39, 0.29) is 34.2 Å². The molecule has 8 heteroatoms. The average Bonchev–Trinajstić information content (AvgIpc) is 2.46. The Morgan fingerprint density at radius 2 is 1.82 bits per heavy atom. The van der Waals surface area contributed by atoms with E-state index in [1.807, 2.05) is 0 Å². The standard InChI is InChI=1S/C14H11F2N5O/c1-2-22-13-11-12(20-14(17)21-13)18-6-10(19-11)7-3-8(15)5-9(16)4-7/h3-6H,2H2,1H3,(H2,17,18,20,21). The Bertz CT molecular complexity index is 836. The number of benzene rings is 1. The summed E-state index contributed by atoms with van der Waals surface area (Å²) in [7, 11) is 0. The largest absolute Gasteiger partial charge is 0.476 e. The molecule has 1 aromatic carbocycles. The molecule has 2 aromatic heterocycles. The molecule has 0 aliphatic heterocycles. The zero-order chi connectivity index (χ0) is 15.7. The highest BCUT2D eigenvalue weighted by Crippen LogP contribution is 2.25. The Kier molecular flexibility index (Phi) is 3.50. The number of aromatic nitrogens is 4. The highest BCUT2D eigenvalue weighted by Gasteiger charge is 2.13. The summed E-state index contributed by atoms with van der Waals surface area (Å²) in [5.41, 5.74) is 6.63. The van der Waals surface area contributed by atoms with Crippen molar-refractivity contribution >= 4 is 17.1 Å². The van der Waals surface area contributed by atoms with Crippen LogP contribution < -0.4 is 10.5 Å². The van der Waals surface area contributed by atoms with Crippen LogP contribution in [0.15, 0.2) is 24.4 Å². The molecule has 6 nitrogen and oxygen atoms in total. The predicted octanol–water partition coefficient (Wildman–Crippen LogP) is 2.35. The fourth-order valence-corrected chi connectivity index (χ4v) is 1.98. The van der Waals surface area contributed by atoms with Gasteiger partial charge in [-0.15, -0.1) is 0 Å². The van der Waals surface area contributed by atoms with Gasteiger partial charge in [0.05, 0.1) is 18.5 Å². The van der Waals surface area contributed by atoms with E-state index in [1.165, 1.54) is 6.20 Å². The molecule has 112 valence electrons. The van der Waals surface area contributed by atoms with Crippen molar-refractivity contribution in [2.24, 2.45) is 0 Å². The molecule has 0 saturated heterocycles. The van der Waals surface area contributed by atoms with Gasteiger partial charge in [0.1, 0.15) is 11.6 Å². The number of nitrogens with zero attached hydrogens (tertiary/aromatic N) is 4. The third-order valence-electron chi connectivity index (χ3n) is 2.83. The van der Waals surface area contributed by atoms with Gasteiger partial charge < -0.3 is 10.5 Å². The number of fused-ring (bicyclic) bond motifs is 1. The summed E-state index contributed by atoms with van der Waals surface area (Å²) in [6.45, 7) is 2.13. The topological polar surface area (TPSA) is 86.8 Å². The fraction of sp³-hybridized carbons (Fsp3) is 0.143. The van der Waals surface area contributed by atoms with Gasteiger partial charge in [-0.05, 0) is 19.1 Å². The van der Waals surface area contributed by atoms with Crippen molar-refractivity contribution in [1.82, 2.24) is 19.9 Å². The van der Waals surface area contributed by atoms with Gasteiger partial charge in [-0.25, -0.2) is 18.7 Å². The number of ether oxygens (including phenoxy) is 1. The minimum Gasteiger partial charge on any atom is -0.476 e. The van der Waals surface area contributed by atoms with E-state index in [9.17, 15) is 8.78 Å². The molecule has 0 atom stereocenters. The molecule has 0 unspecified atom stereocenters. The summed E-state index contributed by atoms with van der Waals surface area (Å²) in [5.74, 6) is -1.21. The maximum atomic E-state index is 13.3. The number of halogens is 2. The number of nitrogen functional groups attached to an aromatic ring is 1. The van der Waals surface area contributed by atoms with Crippen LogP contribution >= 0.6 is 0 Å². The first-order chi connectivity index (χ1) is 10.6. The van der Waals surface area contributed by atoms with E-state index in [1.54, 1.807) is 6.92 Å². The van der Waals surface area contributed by atoms with Crippen LogP contribution in [0.25, 0.3) is 22.4 Å². The minimum absolute atomic E-state index is 0.00907. The first-order valence-corrected chi connectivity index (χ1v) is 6.46. The molecule has 0 spiro atoms. The van der Waals surface area contributed by atoms with Crippen molar-refractivity contribution in [1.29, 1.82) is 0 Å². The summed E-state index contributed by atoms with van der Waals surface area (Å²) in [6, 6.07) is 3.11. The van der Waals surface area contributed by atoms with Crippen LogP contribution in [0.1, 0.15) is 6.92 Å². The second kappa shape index (κ2) is 5.47. The predicted molar refractivity (Wildman–Crippen MR) is 76.1 cm³/mol. The van der Waals surface area contributed by atoms with Gasteiger partial charge in [0.25, 0.3) is 0 Å². The fourth-order valence-electron chi connectivity index (χ4n) is 1.98. The molecule has 0 saturated carbocycles. The van der Waals surface area contributed by atoms with Crippen molar-refractivity contribution in [2.75, 3.05) is 12.3 Å². The van der Waals surface area contributed by atoms with Crippen LogP contribution in [0.2, 0.25) is 0 Å². The molecule has 0 aliphatic carbocycles. The van der Waals surface area contributed by atoms with Gasteiger partial charge in [0.2, 0.25) is 11.8 Å². The van der Waals surface area contributed by atoms with Crippen LogP contribution in [-0.4, -0.2) is 26.5 Å². The summed E-state index contributed by atoms with van der Waals surface area (Å²) in [5, 5.41) is 0. The van der Waals surface area contributed by atoms with Crippen molar-refractivity contribution < 1.29 is 13.5 Å². The van der Waals surface area contributed by atoms with Crippen molar-refractivity contribution in [3.05, 3.63) is 36.0 Å². The Morgan fingerprint density at radius 1 is 1.09 bits per heavy atom. The van der Waals surface area contributed by atoms with Gasteiger partial charge in [0, 0.05) is 11.6 Å². The highest BCUT2D eigenvalue weighted by atomic mass is 19.1. The van der Waals surface area contributed by atoms with E-state index >= 15 is 0 Å². The number of hydrogen-bond acceptors (Lipinski definition) is 6. The number of hydrogen-bond donors (Lipinski definition) is 1. The van der Waals surface area contributed by atoms with Gasteiger partial charge >= 0.3 is 0 Å². The maximum Gasteiger partial charge on any atom is 0.247 e. The molecule has 3 rings (SSSR count). The second-order valence-electron chi connectivity index (χ2n) is 4.41. The lowest BCUT2D eigenvalue weighted by atomic mass is 10.1. The van der Waals surface area contributed by atoms with Crippen molar-refractivity contribution in [3.63, 3.8) is 0 Å². The van der Waals surface area contributed by atoms with E-state index in [0.717, 1.165) is 18.2 Å². The zero-order valence-corrected chi connectivity index (χ0v) is 11.5. The maximum absolute atomic E-state index is 13.3. The lowest BCUT2D eigenvalue weighted by Crippen LogP contribution is -2.04. The minimum atomic E-state index is -0.699. The van der Waals surface area contributed by atoms with Crippen LogP contribution in [0.4, 0.5) is 14.7 Å². The Morgan fingerprint density at radius 3 is 2.50 bits per heavy atom. The van der Waals surface area contributed by atoms with Crippen LogP contribution in [0, 0.1) is 11.6 Å². The molecule has 0 aliphatic rings. The summed E-state index contributed by atoms with van der Waals surface area (Å²) < 4.78 is 32.0. The quantitative estimate of drug-likeness (QED) is 0.799. The molecule has 0 radical (unpaired) electrons. The molecular formula is C14H11F2N5O. The monoisotopic (exact) mass is 303 g/mol. The third-order valence-corrected chi connectivity index (χ3v) is 2.83. The first kappa shape index (κ1) is 14.1. The average molecular weight is 303 g/mol. The molecule has 0 bridgehead atoms. The highest BCUT2D eigenvalue weighted by molar-refractivity contribution is 5.79. The molecule has 3 aromatic rings. The van der Waals surface area contributed by atoms with Gasteiger partial charge in [-0.1, -0.05) is 0 Å². The van der Waals surface area contributed by atoms with Crippen molar-refractivity contribution in [2.45, 2.75) is 6.92 Å². The number of nitrogens with two attached hydrogens (primary N) is 1. The van der Waals surface area contributed by atoms with Crippen LogP contribution in [-0.2, 0) is 0 Å². The Labute approximate surface area is 124 Å². The molecule has 2 N–H and O–H groups in total. The van der Waals surface area contributed by atoms with Crippen LogP contribution in [0.3, 0.4) is 0 Å². The summed E-state index contributed by atoms with van der Waals surface area (Å²) in [4.78, 5) is 16.3. The van der Waals surface area contributed by atoms with Crippen molar-refractivity contribution in [3.8, 4) is 17.1 Å². The Hall–Kier alpha value is -2.90. The Balaban J connectivity index is 2.20. The number of anilines is 1. The SMILES string of the molecule is CCOc1nc(N)nc2ncc(-c3cc(F)cc(F)c3)nc12. The number of rotatable bonds is 3. The smallest absolute Gasteiger partial charge is 0.247 e. The second-order valence-corrected chi connectivity index (χ2v) is 4.41. The molecule has 22 heavy (non-hydrogen) atoms. The lowest BCUT2D eigenvalue weighted by Gasteiger charge is -2.07.